The summed E-state index contributed by atoms with van der Waals surface area (Å²) in [7, 11) is 0. The number of carboxylic acids is 3. The van der Waals surface area contributed by atoms with E-state index in [0.717, 1.165) is 0 Å². The fourth-order valence-electron chi connectivity index (χ4n) is 2.57. The van der Waals surface area contributed by atoms with E-state index in [-0.39, 0.29) is 11.3 Å². The molecule has 7 N–H and O–H groups in total. The Balaban J connectivity index is 0.000000270. The average molecular weight is 501 g/mol. The van der Waals surface area contributed by atoms with Crippen LogP contribution in [0.1, 0.15) is 36.6 Å². The lowest BCUT2D eigenvalue weighted by molar-refractivity contribution is -0.158. The van der Waals surface area contributed by atoms with Gasteiger partial charge in [0.25, 0.3) is 0 Å². The van der Waals surface area contributed by atoms with Gasteiger partial charge in [-0.25, -0.2) is 14.4 Å². The maximum atomic E-state index is 10.6. The van der Waals surface area contributed by atoms with Gasteiger partial charge in [-0.3, -0.25) is 0 Å². The molecule has 3 rings (SSSR count). The number of carbonyl (C=O) groups is 3. The molecule has 0 spiro atoms. The molecule has 0 aliphatic heterocycles. The average Bonchev–Trinajstić information content (AvgIpc) is 2.85. The number of phenols is 1. The maximum absolute atomic E-state index is 10.6. The largest absolute Gasteiger partial charge is 0.508 e. The third-order valence-electron chi connectivity index (χ3n) is 4.95. The molecular formula is C26H28O10. The Bertz CT molecular complexity index is 1060. The molecule has 10 heteroatoms. The zero-order valence-electron chi connectivity index (χ0n) is 19.5. The van der Waals surface area contributed by atoms with Crippen molar-refractivity contribution in [2.45, 2.75) is 31.2 Å². The summed E-state index contributed by atoms with van der Waals surface area (Å²) in [6.07, 6.45) is -1.52. The van der Waals surface area contributed by atoms with Crippen LogP contribution in [-0.4, -0.2) is 53.7 Å². The molecule has 0 heterocycles. The number of benzene rings is 3. The predicted octanol–water partition coefficient (Wildman–Crippen LogP) is 2.47. The Labute approximate surface area is 207 Å². The first-order chi connectivity index (χ1) is 16.7. The summed E-state index contributed by atoms with van der Waals surface area (Å²) in [5, 5.41) is 62.5. The van der Waals surface area contributed by atoms with Crippen molar-refractivity contribution in [2.24, 2.45) is 0 Å². The zero-order valence-corrected chi connectivity index (χ0v) is 19.5. The molecule has 0 amide bonds. The van der Waals surface area contributed by atoms with Crippen molar-refractivity contribution in [3.8, 4) is 5.75 Å². The van der Waals surface area contributed by atoms with E-state index in [9.17, 15) is 24.6 Å². The number of aliphatic hydroxyl groups is 3. The van der Waals surface area contributed by atoms with Crippen LogP contribution in [0, 0.1) is 0 Å². The second-order valence-corrected chi connectivity index (χ2v) is 7.82. The smallest absolute Gasteiger partial charge is 0.340 e. The number of aliphatic carboxylic acids is 3. The quantitative estimate of drug-likeness (QED) is 0.264. The fourth-order valence-corrected chi connectivity index (χ4v) is 2.57. The van der Waals surface area contributed by atoms with Gasteiger partial charge in [-0.1, -0.05) is 72.8 Å². The standard InChI is InChI=1S/2C9H10O3.C8H8O4/c2*1-9(12,8(10)11)7-5-3-2-4-6-7;9-6-3-1-5(2-4-6)7(10)8(11)12/h2*2-6,12H,1H3,(H,10,11);1-4,7,9-10H,(H,11,12). The molecular weight excluding hydrogens is 472 g/mol. The lowest BCUT2D eigenvalue weighted by Gasteiger charge is -2.17. The van der Waals surface area contributed by atoms with Crippen molar-refractivity contribution >= 4 is 17.9 Å². The van der Waals surface area contributed by atoms with Crippen LogP contribution in [0.2, 0.25) is 0 Å². The van der Waals surface area contributed by atoms with E-state index < -0.39 is 35.2 Å². The van der Waals surface area contributed by atoms with Crippen molar-refractivity contribution in [1.29, 1.82) is 0 Å². The first-order valence-electron chi connectivity index (χ1n) is 10.4. The summed E-state index contributed by atoms with van der Waals surface area (Å²) in [5.41, 5.74) is -2.56. The molecule has 0 radical (unpaired) electrons. The van der Waals surface area contributed by atoms with Crippen LogP contribution in [0.15, 0.2) is 84.9 Å². The van der Waals surface area contributed by atoms with E-state index in [0.29, 0.717) is 11.1 Å². The molecule has 0 saturated heterocycles. The first-order valence-corrected chi connectivity index (χ1v) is 10.4. The number of aromatic hydroxyl groups is 1. The highest BCUT2D eigenvalue weighted by Gasteiger charge is 2.32. The van der Waals surface area contributed by atoms with Crippen molar-refractivity contribution in [2.75, 3.05) is 0 Å². The third-order valence-corrected chi connectivity index (χ3v) is 4.95. The number of rotatable bonds is 6. The highest BCUT2D eigenvalue weighted by atomic mass is 16.4. The molecule has 0 bridgehead atoms. The van der Waals surface area contributed by atoms with Crippen molar-refractivity contribution < 1.29 is 50.1 Å². The Hall–Kier alpha value is -4.25. The number of aliphatic hydroxyl groups excluding tert-OH is 1. The summed E-state index contributed by atoms with van der Waals surface area (Å²) in [5.74, 6) is -3.75. The molecule has 0 fully saturated rings. The van der Waals surface area contributed by atoms with E-state index in [1.54, 1.807) is 60.7 Å². The van der Waals surface area contributed by atoms with Gasteiger partial charge in [-0.05, 0) is 42.7 Å². The van der Waals surface area contributed by atoms with Crippen LogP contribution in [0.25, 0.3) is 0 Å². The van der Waals surface area contributed by atoms with Crippen molar-refractivity contribution in [1.82, 2.24) is 0 Å². The van der Waals surface area contributed by atoms with Gasteiger partial charge in [0.05, 0.1) is 0 Å². The highest BCUT2D eigenvalue weighted by Crippen LogP contribution is 2.20. The lowest BCUT2D eigenvalue weighted by Crippen LogP contribution is -2.31. The number of hydrogen-bond acceptors (Lipinski definition) is 7. The molecule has 192 valence electrons. The van der Waals surface area contributed by atoms with Gasteiger partial charge < -0.3 is 35.7 Å². The second kappa shape index (κ2) is 13.0. The zero-order chi connectivity index (χ0) is 27.5. The van der Waals surface area contributed by atoms with E-state index >= 15 is 0 Å². The monoisotopic (exact) mass is 500 g/mol. The van der Waals surface area contributed by atoms with E-state index in [1.807, 2.05) is 0 Å². The lowest BCUT2D eigenvalue weighted by atomic mass is 9.97. The highest BCUT2D eigenvalue weighted by molar-refractivity contribution is 5.79. The van der Waals surface area contributed by atoms with E-state index in [4.69, 9.17) is 25.5 Å². The van der Waals surface area contributed by atoms with Crippen LogP contribution in [-0.2, 0) is 25.6 Å². The number of carboxylic acid groups (broad SMARTS) is 3. The topological polar surface area (TPSA) is 193 Å². The van der Waals surface area contributed by atoms with Gasteiger partial charge in [0.2, 0.25) is 0 Å². The van der Waals surface area contributed by atoms with Crippen LogP contribution in [0.3, 0.4) is 0 Å². The summed E-state index contributed by atoms with van der Waals surface area (Å²) in [4.78, 5) is 31.4. The van der Waals surface area contributed by atoms with Gasteiger partial charge in [0, 0.05) is 0 Å². The summed E-state index contributed by atoms with van der Waals surface area (Å²) in [6, 6.07) is 21.9. The Morgan fingerprint density at radius 1 is 0.639 bits per heavy atom. The molecule has 3 unspecified atom stereocenters. The molecule has 10 nitrogen and oxygen atoms in total. The van der Waals surface area contributed by atoms with E-state index in [2.05, 4.69) is 0 Å². The summed E-state index contributed by atoms with van der Waals surface area (Å²) < 4.78 is 0. The molecule has 0 saturated carbocycles. The van der Waals surface area contributed by atoms with Crippen LogP contribution in [0.4, 0.5) is 0 Å². The number of phenolic OH excluding ortho intramolecular Hbond substituents is 1. The molecule has 0 aliphatic carbocycles. The van der Waals surface area contributed by atoms with Crippen molar-refractivity contribution in [3.05, 3.63) is 102 Å². The summed E-state index contributed by atoms with van der Waals surface area (Å²) >= 11 is 0. The maximum Gasteiger partial charge on any atom is 0.340 e. The first kappa shape index (κ1) is 29.8. The second-order valence-electron chi connectivity index (χ2n) is 7.82. The Kier molecular flexibility index (Phi) is 10.8. The minimum absolute atomic E-state index is 0.0383. The van der Waals surface area contributed by atoms with Crippen molar-refractivity contribution in [3.63, 3.8) is 0 Å². The minimum atomic E-state index is -1.79. The molecule has 3 aromatic rings. The Morgan fingerprint density at radius 3 is 1.25 bits per heavy atom. The normalized spacial score (nSPS) is 14.2. The van der Waals surface area contributed by atoms with Gasteiger partial charge in [-0.2, -0.15) is 0 Å². The molecule has 0 aliphatic rings. The molecule has 0 aromatic heterocycles. The third kappa shape index (κ3) is 8.51. The van der Waals surface area contributed by atoms with Crippen LogP contribution in [0.5, 0.6) is 5.75 Å². The predicted molar refractivity (Wildman–Crippen MR) is 128 cm³/mol. The van der Waals surface area contributed by atoms with Gasteiger partial charge in [-0.15, -0.1) is 0 Å². The van der Waals surface area contributed by atoms with Gasteiger partial charge in [0.15, 0.2) is 17.3 Å². The molecule has 36 heavy (non-hydrogen) atoms. The Morgan fingerprint density at radius 2 is 0.972 bits per heavy atom. The fraction of sp³-hybridized carbons (Fsp3) is 0.192. The van der Waals surface area contributed by atoms with Gasteiger partial charge in [0.1, 0.15) is 5.75 Å². The summed E-state index contributed by atoms with van der Waals surface area (Å²) in [6.45, 7) is 2.51. The van der Waals surface area contributed by atoms with Crippen LogP contribution >= 0.6 is 0 Å². The molecule has 3 aromatic carbocycles. The number of hydrogen-bond donors (Lipinski definition) is 7. The van der Waals surface area contributed by atoms with E-state index in [1.165, 1.54) is 38.1 Å². The molecule has 3 atom stereocenters. The van der Waals surface area contributed by atoms with Crippen LogP contribution < -0.4 is 0 Å². The SMILES string of the molecule is CC(O)(C(=O)O)c1ccccc1.CC(O)(C(=O)O)c1ccccc1.O=C(O)C(O)c1ccc(O)cc1. The van der Waals surface area contributed by atoms with Gasteiger partial charge >= 0.3 is 17.9 Å². The minimum Gasteiger partial charge on any atom is -0.508 e.